The number of unbranched alkanes of at least 4 members (excludes halogenated alkanes) is 4. The number of rotatable bonds is 16. The number of likely N-dealkylation sites (tertiary alicyclic amines) is 1. The van der Waals surface area contributed by atoms with Crippen LogP contribution in [0.5, 0.6) is 0 Å². The molecule has 2 aliphatic heterocycles. The molecule has 0 aliphatic carbocycles. The number of anilines is 1. The third kappa shape index (κ3) is 9.86. The summed E-state index contributed by atoms with van der Waals surface area (Å²) >= 11 is 0. The summed E-state index contributed by atoms with van der Waals surface area (Å²) in [6, 6.07) is 15.2. The van der Waals surface area contributed by atoms with E-state index in [-0.39, 0.29) is 30.7 Å². The van der Waals surface area contributed by atoms with Crippen LogP contribution in [0.4, 0.5) is 5.69 Å². The van der Waals surface area contributed by atoms with Crippen molar-refractivity contribution in [3.05, 3.63) is 65.2 Å². The molecule has 4 rings (SSSR count). The molecule has 9 nitrogen and oxygen atoms in total. The summed E-state index contributed by atoms with van der Waals surface area (Å²) in [6.07, 6.45) is 5.81. The first-order valence-electron chi connectivity index (χ1n) is 16.5. The predicted octanol–water partition coefficient (Wildman–Crippen LogP) is 5.98. The lowest BCUT2D eigenvalue weighted by atomic mass is 10.0. The fourth-order valence-corrected chi connectivity index (χ4v) is 6.75. The van der Waals surface area contributed by atoms with Gasteiger partial charge in [0.1, 0.15) is 5.78 Å². The van der Waals surface area contributed by atoms with E-state index in [9.17, 15) is 28.9 Å². The van der Waals surface area contributed by atoms with Crippen LogP contribution in [0.3, 0.4) is 0 Å². The molecule has 3 atom stereocenters. The average molecular weight is 651 g/mol. The summed E-state index contributed by atoms with van der Waals surface area (Å²) in [4.78, 5) is 52.0. The van der Waals surface area contributed by atoms with Crippen LogP contribution in [0, 0.1) is 11.8 Å². The van der Waals surface area contributed by atoms with Crippen molar-refractivity contribution in [2.24, 2.45) is 0 Å². The molecule has 2 N–H and O–H groups in total. The van der Waals surface area contributed by atoms with E-state index in [1.54, 1.807) is 18.7 Å². The molecule has 1 saturated heterocycles. The highest BCUT2D eigenvalue weighted by Crippen LogP contribution is 2.49. The summed E-state index contributed by atoms with van der Waals surface area (Å²) in [6.45, 7) is 3.69. The van der Waals surface area contributed by atoms with E-state index >= 15 is 0 Å². The first kappa shape index (κ1) is 35.6. The van der Waals surface area contributed by atoms with Gasteiger partial charge in [0, 0.05) is 43.4 Å². The number of fused-ring (bicyclic) bond motifs is 2. The van der Waals surface area contributed by atoms with Crippen LogP contribution < -0.4 is 4.90 Å². The Morgan fingerprint density at radius 1 is 0.870 bits per heavy atom. The second-order valence-corrected chi connectivity index (χ2v) is 14.9. The minimum atomic E-state index is -3.76. The minimum absolute atomic E-state index is 0.0270. The summed E-state index contributed by atoms with van der Waals surface area (Å²) in [7, 11) is -3.76. The molecule has 1 unspecified atom stereocenters. The van der Waals surface area contributed by atoms with E-state index in [1.807, 2.05) is 53.4 Å². The maximum Gasteiger partial charge on any atom is 0.330 e. The first-order valence-corrected chi connectivity index (χ1v) is 18.2. The van der Waals surface area contributed by atoms with Gasteiger partial charge in [0.15, 0.2) is 0 Å². The Morgan fingerprint density at radius 2 is 1.46 bits per heavy atom. The zero-order chi connectivity index (χ0) is 33.1. The van der Waals surface area contributed by atoms with Gasteiger partial charge in [0.25, 0.3) is 0 Å². The lowest BCUT2D eigenvalue weighted by molar-refractivity contribution is -0.133. The van der Waals surface area contributed by atoms with Crippen LogP contribution in [0.2, 0.25) is 0 Å². The number of Topliss-reactive ketones (excluding diaryl/α,β-unsaturated/α-hetero) is 1. The van der Waals surface area contributed by atoms with Crippen molar-refractivity contribution in [3.63, 3.8) is 0 Å². The summed E-state index contributed by atoms with van der Waals surface area (Å²) in [5.74, 6) is 6.58. The fraction of sp³-hybridized carbons (Fsp3) is 0.528. The Labute approximate surface area is 272 Å². The van der Waals surface area contributed by atoms with Crippen molar-refractivity contribution in [3.8, 4) is 11.8 Å². The number of para-hydroxylation sites is 1. The molecule has 2 aromatic rings. The second kappa shape index (κ2) is 17.0. The smallest absolute Gasteiger partial charge is 0.330 e. The molecule has 46 heavy (non-hydrogen) atoms. The number of aliphatic hydroxyl groups is 1. The Bertz CT molecular complexity index is 1480. The van der Waals surface area contributed by atoms with Gasteiger partial charge in [-0.2, -0.15) is 0 Å². The largest absolute Gasteiger partial charge is 0.394 e. The number of hydrogen-bond acceptors (Lipinski definition) is 6. The van der Waals surface area contributed by atoms with Gasteiger partial charge in [0.05, 0.1) is 36.6 Å². The number of hydrogen-bond donors (Lipinski definition) is 2. The van der Waals surface area contributed by atoms with Crippen LogP contribution in [0.25, 0.3) is 0 Å². The van der Waals surface area contributed by atoms with Crippen LogP contribution in [-0.4, -0.2) is 63.5 Å². The van der Waals surface area contributed by atoms with Gasteiger partial charge < -0.3 is 24.3 Å². The first-order chi connectivity index (χ1) is 22.1. The predicted molar refractivity (Wildman–Crippen MR) is 178 cm³/mol. The van der Waals surface area contributed by atoms with Crippen molar-refractivity contribution in [2.75, 3.05) is 18.1 Å². The number of aliphatic hydroxyl groups excluding tert-OH is 1. The Balaban J connectivity index is 1.11. The molecular weight excluding hydrogens is 603 g/mol. The van der Waals surface area contributed by atoms with Gasteiger partial charge in [-0.1, -0.05) is 68.9 Å². The zero-order valence-electron chi connectivity index (χ0n) is 27.0. The standard InChI is InChI=1S/C36H47N2O7P/c1-27(2)46(43,44)45-33-23-31(26-39)37(25-33)35(41)19-6-4-3-5-16-32(40)17-10-12-20-36(42)38-24-30-15-8-7-13-28(30)21-22-29-14-9-11-18-34(29)38/h7-9,11,13-15,18,27,31,33,39H,3-6,10,12,16-17,19-20,23-26H2,1-2H3,(H,43,44)/t31-,33+/m0/s1. The highest BCUT2D eigenvalue weighted by Gasteiger charge is 2.39. The van der Waals surface area contributed by atoms with Gasteiger partial charge in [-0.05, 0) is 55.9 Å². The van der Waals surface area contributed by atoms with Crippen LogP contribution in [-0.2, 0) is 30.0 Å². The normalized spacial score (nSPS) is 18.5. The zero-order valence-corrected chi connectivity index (χ0v) is 27.9. The number of carbonyl (C=O) groups is 3. The molecule has 2 amide bonds. The third-order valence-corrected chi connectivity index (χ3v) is 10.6. The van der Waals surface area contributed by atoms with E-state index in [0.717, 1.165) is 41.6 Å². The van der Waals surface area contributed by atoms with E-state index < -0.39 is 25.4 Å². The summed E-state index contributed by atoms with van der Waals surface area (Å²) in [5.41, 5.74) is 3.06. The van der Waals surface area contributed by atoms with Gasteiger partial charge in [0.2, 0.25) is 11.8 Å². The third-order valence-electron chi connectivity index (χ3n) is 8.73. The summed E-state index contributed by atoms with van der Waals surface area (Å²) < 4.78 is 17.6. The monoisotopic (exact) mass is 650 g/mol. The maximum absolute atomic E-state index is 13.3. The van der Waals surface area contributed by atoms with Crippen LogP contribution >= 0.6 is 7.60 Å². The number of ketones is 1. The Hall–Kier alpha value is -3.28. The van der Waals surface area contributed by atoms with Crippen molar-refractivity contribution >= 4 is 30.9 Å². The number of nitrogens with zero attached hydrogens (tertiary/aromatic N) is 2. The Morgan fingerprint density at radius 3 is 2.17 bits per heavy atom. The van der Waals surface area contributed by atoms with Crippen LogP contribution in [0.15, 0.2) is 48.5 Å². The average Bonchev–Trinajstić information content (AvgIpc) is 3.44. The molecule has 1 fully saturated rings. The lowest BCUT2D eigenvalue weighted by Gasteiger charge is -2.26. The van der Waals surface area contributed by atoms with Crippen molar-refractivity contribution in [1.29, 1.82) is 0 Å². The van der Waals surface area contributed by atoms with E-state index in [2.05, 4.69) is 11.8 Å². The number of amides is 2. The summed E-state index contributed by atoms with van der Waals surface area (Å²) in [5, 5.41) is 9.72. The molecule has 2 aromatic carbocycles. The quantitative estimate of drug-likeness (QED) is 0.130. The molecular formula is C36H47N2O7P. The molecule has 0 spiro atoms. The molecule has 0 aromatic heterocycles. The molecule has 0 bridgehead atoms. The van der Waals surface area contributed by atoms with E-state index in [0.29, 0.717) is 57.9 Å². The van der Waals surface area contributed by atoms with Gasteiger partial charge in [-0.3, -0.25) is 18.9 Å². The fourth-order valence-electron chi connectivity index (χ4n) is 5.93. The number of carbonyl (C=O) groups excluding carboxylic acids is 3. The SMILES string of the molecule is CC(C)P(=O)(O)O[C@@H]1C[C@@H](CO)N(C(=O)CCCCCCC(=O)CCCCC(=O)N2Cc3ccccc3C#Cc3ccccc32)C1. The lowest BCUT2D eigenvalue weighted by Crippen LogP contribution is -2.37. The van der Waals surface area contributed by atoms with Crippen molar-refractivity contribution in [2.45, 2.75) is 109 Å². The van der Waals surface area contributed by atoms with Gasteiger partial charge >= 0.3 is 7.60 Å². The molecule has 10 heteroatoms. The maximum atomic E-state index is 13.3. The van der Waals surface area contributed by atoms with E-state index in [1.165, 1.54) is 0 Å². The van der Waals surface area contributed by atoms with Crippen molar-refractivity contribution in [1.82, 2.24) is 4.90 Å². The second-order valence-electron chi connectivity index (χ2n) is 12.6. The van der Waals surface area contributed by atoms with Crippen LogP contribution in [0.1, 0.15) is 101 Å². The van der Waals surface area contributed by atoms with E-state index in [4.69, 9.17) is 4.52 Å². The topological polar surface area (TPSA) is 124 Å². The molecule has 0 saturated carbocycles. The molecule has 2 aliphatic rings. The molecule has 2 heterocycles. The Kier molecular flexibility index (Phi) is 13.2. The van der Waals surface area contributed by atoms with Gasteiger partial charge in [-0.15, -0.1) is 0 Å². The molecule has 0 radical (unpaired) electrons. The highest BCUT2D eigenvalue weighted by atomic mass is 31.2. The minimum Gasteiger partial charge on any atom is -0.394 e. The number of benzene rings is 2. The van der Waals surface area contributed by atoms with Crippen molar-refractivity contribution < 1.29 is 33.5 Å². The molecule has 248 valence electrons. The highest BCUT2D eigenvalue weighted by molar-refractivity contribution is 7.53. The van der Waals surface area contributed by atoms with Gasteiger partial charge in [-0.25, -0.2) is 0 Å².